The molecule has 0 spiro atoms. The zero-order valence-electron chi connectivity index (χ0n) is 20.6. The first-order chi connectivity index (χ1) is 18.3. The van der Waals surface area contributed by atoms with E-state index < -0.39 is 17.4 Å². The van der Waals surface area contributed by atoms with Crippen LogP contribution in [0.3, 0.4) is 0 Å². The highest BCUT2D eigenvalue weighted by atomic mass is 35.5. The van der Waals surface area contributed by atoms with Gasteiger partial charge >= 0.3 is 5.97 Å². The number of aromatic nitrogens is 2. The summed E-state index contributed by atoms with van der Waals surface area (Å²) in [6.07, 6.45) is 0.0475. The molecule has 11 heteroatoms. The molecule has 0 bridgehead atoms. The van der Waals surface area contributed by atoms with Crippen molar-refractivity contribution in [2.45, 2.75) is 20.3 Å². The average molecular weight is 551 g/mol. The van der Waals surface area contributed by atoms with Gasteiger partial charge in [0, 0.05) is 34.4 Å². The van der Waals surface area contributed by atoms with Crippen LogP contribution in [0.5, 0.6) is 0 Å². The van der Waals surface area contributed by atoms with E-state index in [2.05, 4.69) is 10.4 Å². The molecule has 38 heavy (non-hydrogen) atoms. The number of fused-ring (bicyclic) bond motifs is 1. The smallest absolute Gasteiger partial charge is 0.359 e. The SMILES string of the molecule is CCOC(=O)c1nn(-c2cccc(Cl)c2)c(=O)c2c(NC(=O)C3CC(=O)N(c4ccccc4C)C3)scc12. The van der Waals surface area contributed by atoms with Crippen molar-refractivity contribution in [3.8, 4) is 5.69 Å². The van der Waals surface area contributed by atoms with Crippen molar-refractivity contribution in [2.24, 2.45) is 5.92 Å². The highest BCUT2D eigenvalue weighted by Crippen LogP contribution is 2.33. The number of para-hydroxylation sites is 1. The van der Waals surface area contributed by atoms with Crippen LogP contribution in [0.1, 0.15) is 29.4 Å². The molecule has 1 unspecified atom stereocenters. The number of carbonyl (C=O) groups is 3. The molecular weight excluding hydrogens is 528 g/mol. The van der Waals surface area contributed by atoms with Crippen molar-refractivity contribution in [1.82, 2.24) is 9.78 Å². The predicted molar refractivity (Wildman–Crippen MR) is 146 cm³/mol. The minimum absolute atomic E-state index is 0.0475. The lowest BCUT2D eigenvalue weighted by atomic mass is 10.1. The van der Waals surface area contributed by atoms with Crippen LogP contribution in [-0.2, 0) is 14.3 Å². The molecule has 2 aromatic carbocycles. The zero-order chi connectivity index (χ0) is 27.0. The van der Waals surface area contributed by atoms with Gasteiger partial charge in [-0.05, 0) is 43.7 Å². The first-order valence-electron chi connectivity index (χ1n) is 11.9. The van der Waals surface area contributed by atoms with Gasteiger partial charge in [-0.15, -0.1) is 11.3 Å². The minimum atomic E-state index is -0.695. The maximum Gasteiger partial charge on any atom is 0.359 e. The highest BCUT2D eigenvalue weighted by Gasteiger charge is 2.36. The van der Waals surface area contributed by atoms with Crippen molar-refractivity contribution in [3.05, 3.63) is 80.5 Å². The van der Waals surface area contributed by atoms with Crippen LogP contribution in [0.15, 0.2) is 58.7 Å². The third-order valence-electron chi connectivity index (χ3n) is 6.31. The molecule has 2 aromatic heterocycles. The topological polar surface area (TPSA) is 111 Å². The Hall–Kier alpha value is -4.02. The Morgan fingerprint density at radius 1 is 1.18 bits per heavy atom. The van der Waals surface area contributed by atoms with E-state index in [1.54, 1.807) is 41.5 Å². The molecule has 1 saturated heterocycles. The van der Waals surface area contributed by atoms with E-state index in [1.165, 1.54) is 0 Å². The maximum atomic E-state index is 13.6. The normalized spacial score (nSPS) is 15.2. The number of nitrogens with zero attached hydrogens (tertiary/aromatic N) is 3. The number of amides is 2. The number of carbonyl (C=O) groups excluding carboxylic acids is 3. The van der Waals surface area contributed by atoms with Crippen molar-refractivity contribution < 1.29 is 19.1 Å². The van der Waals surface area contributed by atoms with Gasteiger partial charge in [0.1, 0.15) is 5.00 Å². The standard InChI is InChI=1S/C27H23ClN4O5S/c1-3-37-27(36)23-19-14-38-25(22(19)26(35)32(30-23)18-9-6-8-17(28)12-18)29-24(34)16-11-21(33)31(13-16)20-10-5-4-7-15(20)2/h4-10,12,14,16H,3,11,13H2,1-2H3,(H,29,34). The summed E-state index contributed by atoms with van der Waals surface area (Å²) in [6, 6.07) is 14.0. The Bertz CT molecular complexity index is 1650. The summed E-state index contributed by atoms with van der Waals surface area (Å²) in [5, 5.41) is 9.74. The number of rotatable bonds is 6. The lowest BCUT2D eigenvalue weighted by Crippen LogP contribution is -2.29. The molecule has 194 valence electrons. The summed E-state index contributed by atoms with van der Waals surface area (Å²) in [5.41, 5.74) is 1.47. The number of hydrogen-bond donors (Lipinski definition) is 1. The number of halogens is 1. The summed E-state index contributed by atoms with van der Waals surface area (Å²) in [5.74, 6) is -1.84. The Morgan fingerprint density at radius 3 is 2.71 bits per heavy atom. The Kier molecular flexibility index (Phi) is 7.00. The summed E-state index contributed by atoms with van der Waals surface area (Å²) in [7, 11) is 0. The number of ether oxygens (including phenoxy) is 1. The number of thiophene rings is 1. The third kappa shape index (κ3) is 4.68. The third-order valence-corrected chi connectivity index (χ3v) is 7.44. The van der Waals surface area contributed by atoms with Crippen molar-refractivity contribution in [3.63, 3.8) is 0 Å². The first kappa shape index (κ1) is 25.6. The molecule has 0 radical (unpaired) electrons. The van der Waals surface area contributed by atoms with Gasteiger partial charge in [0.15, 0.2) is 5.69 Å². The van der Waals surface area contributed by atoms with Crippen LogP contribution < -0.4 is 15.8 Å². The van der Waals surface area contributed by atoms with Gasteiger partial charge in [-0.2, -0.15) is 9.78 Å². The summed E-state index contributed by atoms with van der Waals surface area (Å²) in [6.45, 7) is 3.93. The van der Waals surface area contributed by atoms with Gasteiger partial charge < -0.3 is 15.0 Å². The van der Waals surface area contributed by atoms with Crippen molar-refractivity contribution in [1.29, 1.82) is 0 Å². The minimum Gasteiger partial charge on any atom is -0.461 e. The highest BCUT2D eigenvalue weighted by molar-refractivity contribution is 7.16. The van der Waals surface area contributed by atoms with Gasteiger partial charge in [0.05, 0.1) is 23.6 Å². The van der Waals surface area contributed by atoms with E-state index in [0.29, 0.717) is 10.7 Å². The largest absolute Gasteiger partial charge is 0.461 e. The van der Waals surface area contributed by atoms with E-state index in [1.807, 2.05) is 31.2 Å². The van der Waals surface area contributed by atoms with Gasteiger partial charge in [-0.1, -0.05) is 35.9 Å². The van der Waals surface area contributed by atoms with E-state index in [4.69, 9.17) is 16.3 Å². The van der Waals surface area contributed by atoms with Gasteiger partial charge in [-0.3, -0.25) is 14.4 Å². The molecule has 3 heterocycles. The molecule has 1 fully saturated rings. The molecule has 1 N–H and O–H groups in total. The van der Waals surface area contributed by atoms with Crippen LogP contribution in [0.2, 0.25) is 5.02 Å². The fraction of sp³-hybridized carbons (Fsp3) is 0.222. The van der Waals surface area contributed by atoms with E-state index >= 15 is 0 Å². The van der Waals surface area contributed by atoms with Crippen LogP contribution in [0.25, 0.3) is 16.5 Å². The van der Waals surface area contributed by atoms with Gasteiger partial charge in [0.2, 0.25) is 11.8 Å². The zero-order valence-corrected chi connectivity index (χ0v) is 22.1. The molecule has 2 amide bonds. The molecule has 4 aromatic rings. The maximum absolute atomic E-state index is 13.6. The molecule has 5 rings (SSSR count). The lowest BCUT2D eigenvalue weighted by Gasteiger charge is -2.18. The van der Waals surface area contributed by atoms with Crippen LogP contribution in [0.4, 0.5) is 10.7 Å². The number of esters is 1. The van der Waals surface area contributed by atoms with Gasteiger partial charge in [0.25, 0.3) is 5.56 Å². The second kappa shape index (κ2) is 10.4. The number of benzene rings is 2. The molecule has 0 aliphatic carbocycles. The van der Waals surface area contributed by atoms with Crippen LogP contribution in [-0.4, -0.2) is 40.7 Å². The molecule has 1 aliphatic heterocycles. The molecular formula is C27H23ClN4O5S. The molecule has 1 atom stereocenters. The number of nitrogens with one attached hydrogen (secondary N) is 1. The van der Waals surface area contributed by atoms with Gasteiger partial charge in [-0.25, -0.2) is 4.79 Å². The molecule has 1 aliphatic rings. The summed E-state index contributed by atoms with van der Waals surface area (Å²) < 4.78 is 6.24. The fourth-order valence-electron chi connectivity index (χ4n) is 4.47. The van der Waals surface area contributed by atoms with Crippen molar-refractivity contribution >= 4 is 62.2 Å². The summed E-state index contributed by atoms with van der Waals surface area (Å²) in [4.78, 5) is 54.0. The number of anilines is 2. The second-order valence-corrected chi connectivity index (χ2v) is 10.1. The molecule has 9 nitrogen and oxygen atoms in total. The van der Waals surface area contributed by atoms with Crippen molar-refractivity contribution in [2.75, 3.05) is 23.4 Å². The van der Waals surface area contributed by atoms with E-state index in [9.17, 15) is 19.2 Å². The van der Waals surface area contributed by atoms with E-state index in [-0.39, 0.29) is 52.9 Å². The van der Waals surface area contributed by atoms with E-state index in [0.717, 1.165) is 27.3 Å². The lowest BCUT2D eigenvalue weighted by molar-refractivity contribution is -0.122. The molecule has 0 saturated carbocycles. The number of aryl methyl sites for hydroxylation is 1. The Labute approximate surface area is 226 Å². The van der Waals surface area contributed by atoms with Crippen LogP contribution >= 0.6 is 22.9 Å². The second-order valence-electron chi connectivity index (χ2n) is 8.80. The fourth-order valence-corrected chi connectivity index (χ4v) is 5.60. The monoisotopic (exact) mass is 550 g/mol. The first-order valence-corrected chi connectivity index (χ1v) is 13.2. The predicted octanol–water partition coefficient (Wildman–Crippen LogP) is 4.58. The summed E-state index contributed by atoms with van der Waals surface area (Å²) >= 11 is 7.23. The quantitative estimate of drug-likeness (QED) is 0.352. The Balaban J connectivity index is 1.52. The average Bonchev–Trinajstić information content (AvgIpc) is 3.49. The Morgan fingerprint density at radius 2 is 1.97 bits per heavy atom. The van der Waals surface area contributed by atoms with Crippen LogP contribution in [0, 0.1) is 12.8 Å². The number of hydrogen-bond acceptors (Lipinski definition) is 7.